The molecular weight excluding hydrogens is 272 g/mol. The highest BCUT2D eigenvalue weighted by molar-refractivity contribution is 7.87. The maximum absolute atomic E-state index is 12.3. The van der Waals surface area contributed by atoms with Gasteiger partial charge in [-0.1, -0.05) is 0 Å². The first-order valence-electron chi connectivity index (χ1n) is 6.55. The first-order valence-corrected chi connectivity index (χ1v) is 7.99. The number of carboxylic acid groups (broad SMARTS) is 1. The molecule has 1 aliphatic heterocycles. The summed E-state index contributed by atoms with van der Waals surface area (Å²) in [7, 11) is -3.87. The molecule has 3 N–H and O–H groups in total. The van der Waals surface area contributed by atoms with Gasteiger partial charge in [0.05, 0.1) is 12.1 Å². The Morgan fingerprint density at radius 1 is 1.32 bits per heavy atom. The summed E-state index contributed by atoms with van der Waals surface area (Å²) >= 11 is 0. The standard InChI is InChI=1S/C11H20N2O5S/c14-8-11(5-3-6-11)12-19(17,18)13-7-2-1-4-9(13)10(15)16/h9,12,14H,1-8H2,(H,15,16). The molecular formula is C11H20N2O5S. The summed E-state index contributed by atoms with van der Waals surface area (Å²) in [6, 6.07) is -0.998. The topological polar surface area (TPSA) is 107 Å². The van der Waals surface area contributed by atoms with Crippen molar-refractivity contribution in [3.63, 3.8) is 0 Å². The van der Waals surface area contributed by atoms with E-state index in [1.165, 1.54) is 0 Å². The van der Waals surface area contributed by atoms with Crippen LogP contribution in [0.1, 0.15) is 38.5 Å². The molecule has 19 heavy (non-hydrogen) atoms. The number of hydrogen-bond donors (Lipinski definition) is 3. The molecule has 1 heterocycles. The van der Waals surface area contributed by atoms with Crippen LogP contribution in [0.4, 0.5) is 0 Å². The van der Waals surface area contributed by atoms with Crippen LogP contribution < -0.4 is 4.72 Å². The fourth-order valence-electron chi connectivity index (χ4n) is 2.67. The van der Waals surface area contributed by atoms with Crippen molar-refractivity contribution in [3.8, 4) is 0 Å². The number of aliphatic hydroxyl groups excluding tert-OH is 1. The molecule has 8 heteroatoms. The van der Waals surface area contributed by atoms with E-state index in [9.17, 15) is 18.3 Å². The van der Waals surface area contributed by atoms with E-state index < -0.39 is 27.8 Å². The zero-order valence-corrected chi connectivity index (χ0v) is 11.5. The third-order valence-electron chi connectivity index (χ3n) is 4.01. The highest BCUT2D eigenvalue weighted by Gasteiger charge is 2.44. The highest BCUT2D eigenvalue weighted by Crippen LogP contribution is 2.33. The van der Waals surface area contributed by atoms with Gasteiger partial charge >= 0.3 is 5.97 Å². The van der Waals surface area contributed by atoms with Crippen LogP contribution >= 0.6 is 0 Å². The number of aliphatic hydroxyl groups is 1. The molecule has 0 aromatic rings. The van der Waals surface area contributed by atoms with Gasteiger partial charge in [-0.05, 0) is 38.5 Å². The van der Waals surface area contributed by atoms with E-state index in [0.29, 0.717) is 32.1 Å². The summed E-state index contributed by atoms with van der Waals surface area (Å²) in [6.07, 6.45) is 3.77. The number of aliphatic carboxylic acids is 1. The third-order valence-corrected chi connectivity index (χ3v) is 5.75. The molecule has 0 aromatic heterocycles. The smallest absolute Gasteiger partial charge is 0.322 e. The molecule has 2 aliphatic rings. The van der Waals surface area contributed by atoms with E-state index in [-0.39, 0.29) is 13.2 Å². The Morgan fingerprint density at radius 3 is 2.47 bits per heavy atom. The van der Waals surface area contributed by atoms with Gasteiger partial charge in [0.15, 0.2) is 0 Å². The number of nitrogens with one attached hydrogen (secondary N) is 1. The largest absolute Gasteiger partial charge is 0.480 e. The summed E-state index contributed by atoms with van der Waals surface area (Å²) in [5, 5.41) is 18.4. The van der Waals surface area contributed by atoms with Crippen molar-refractivity contribution in [3.05, 3.63) is 0 Å². The normalized spacial score (nSPS) is 27.7. The second kappa shape index (κ2) is 5.35. The Morgan fingerprint density at radius 2 is 2.00 bits per heavy atom. The fraction of sp³-hybridized carbons (Fsp3) is 0.909. The summed E-state index contributed by atoms with van der Waals surface area (Å²) < 4.78 is 28.1. The molecule has 7 nitrogen and oxygen atoms in total. The summed E-state index contributed by atoms with van der Waals surface area (Å²) in [5.41, 5.74) is -0.792. The predicted molar refractivity (Wildman–Crippen MR) is 67.7 cm³/mol. The van der Waals surface area contributed by atoms with Gasteiger partial charge < -0.3 is 10.2 Å². The van der Waals surface area contributed by atoms with E-state index in [0.717, 1.165) is 10.7 Å². The Bertz CT molecular complexity index is 440. The number of piperidine rings is 1. The van der Waals surface area contributed by atoms with E-state index in [4.69, 9.17) is 5.11 Å². The van der Waals surface area contributed by atoms with Crippen molar-refractivity contribution >= 4 is 16.2 Å². The monoisotopic (exact) mass is 292 g/mol. The van der Waals surface area contributed by atoms with E-state index in [1.807, 2.05) is 0 Å². The second-order valence-electron chi connectivity index (χ2n) is 5.36. The minimum Gasteiger partial charge on any atom is -0.480 e. The zero-order valence-electron chi connectivity index (χ0n) is 10.7. The van der Waals surface area contributed by atoms with Gasteiger partial charge in [0.1, 0.15) is 6.04 Å². The van der Waals surface area contributed by atoms with Crippen molar-refractivity contribution in [2.75, 3.05) is 13.2 Å². The Hall–Kier alpha value is -0.700. The minimum absolute atomic E-state index is 0.216. The van der Waals surface area contributed by atoms with Gasteiger partial charge in [-0.3, -0.25) is 4.79 Å². The van der Waals surface area contributed by atoms with E-state index in [2.05, 4.69) is 4.72 Å². The van der Waals surface area contributed by atoms with Crippen molar-refractivity contribution in [2.45, 2.75) is 50.1 Å². The SMILES string of the molecule is O=C(O)C1CCCCN1S(=O)(=O)NC1(CO)CCC1. The molecule has 0 amide bonds. The van der Waals surface area contributed by atoms with E-state index in [1.54, 1.807) is 0 Å². The maximum atomic E-state index is 12.3. The average molecular weight is 292 g/mol. The number of rotatable bonds is 5. The van der Waals surface area contributed by atoms with E-state index >= 15 is 0 Å². The molecule has 0 radical (unpaired) electrons. The lowest BCUT2D eigenvalue weighted by atomic mass is 9.78. The fourth-order valence-corrected chi connectivity index (χ4v) is 4.50. The molecule has 0 spiro atoms. The Balaban J connectivity index is 2.15. The summed E-state index contributed by atoms with van der Waals surface area (Å²) in [5.74, 6) is -1.11. The maximum Gasteiger partial charge on any atom is 0.322 e. The number of carbonyl (C=O) groups is 1. The minimum atomic E-state index is -3.87. The van der Waals surface area contributed by atoms with Crippen LogP contribution in [0.25, 0.3) is 0 Å². The summed E-state index contributed by atoms with van der Waals surface area (Å²) in [6.45, 7) is -0.0361. The van der Waals surface area contributed by atoms with Crippen molar-refractivity contribution in [1.29, 1.82) is 0 Å². The second-order valence-corrected chi connectivity index (χ2v) is 6.98. The molecule has 0 bridgehead atoms. The number of hydrogen-bond acceptors (Lipinski definition) is 4. The first kappa shape index (κ1) is 14.7. The third kappa shape index (κ3) is 2.91. The van der Waals surface area contributed by atoms with Crippen LogP contribution in [0, 0.1) is 0 Å². The van der Waals surface area contributed by atoms with Gasteiger partial charge in [0, 0.05) is 6.54 Å². The van der Waals surface area contributed by atoms with Gasteiger partial charge in [0.2, 0.25) is 0 Å². The molecule has 2 fully saturated rings. The van der Waals surface area contributed by atoms with Crippen LogP contribution in [0.5, 0.6) is 0 Å². The van der Waals surface area contributed by atoms with Gasteiger partial charge in [0.25, 0.3) is 10.2 Å². The predicted octanol–water partition coefficient (Wildman–Crippen LogP) is -0.325. The first-order chi connectivity index (χ1) is 8.90. The molecule has 1 unspecified atom stereocenters. The van der Waals surface area contributed by atoms with Crippen molar-refractivity contribution in [2.24, 2.45) is 0 Å². The number of nitrogens with zero attached hydrogens (tertiary/aromatic N) is 1. The lowest BCUT2D eigenvalue weighted by Gasteiger charge is -2.43. The molecule has 1 saturated heterocycles. The van der Waals surface area contributed by atoms with Crippen molar-refractivity contribution < 1.29 is 23.4 Å². The average Bonchev–Trinajstić information content (AvgIpc) is 2.34. The molecule has 110 valence electrons. The van der Waals surface area contributed by atoms with Gasteiger partial charge in [-0.15, -0.1) is 0 Å². The van der Waals surface area contributed by atoms with Crippen LogP contribution in [0.15, 0.2) is 0 Å². The highest BCUT2D eigenvalue weighted by atomic mass is 32.2. The zero-order chi connectivity index (χ0) is 14.1. The quantitative estimate of drug-likeness (QED) is 0.643. The van der Waals surface area contributed by atoms with Crippen LogP contribution in [-0.2, 0) is 15.0 Å². The Kier molecular flexibility index (Phi) is 4.14. The summed E-state index contributed by atoms with van der Waals surface area (Å²) in [4.78, 5) is 11.1. The van der Waals surface area contributed by atoms with Crippen LogP contribution in [0.2, 0.25) is 0 Å². The van der Waals surface area contributed by atoms with Crippen LogP contribution in [-0.4, -0.2) is 53.6 Å². The molecule has 1 saturated carbocycles. The lowest BCUT2D eigenvalue weighted by Crippen LogP contribution is -2.62. The number of carboxylic acids is 1. The molecule has 1 aliphatic carbocycles. The molecule has 0 aromatic carbocycles. The Labute approximate surface area is 112 Å². The van der Waals surface area contributed by atoms with Gasteiger partial charge in [-0.2, -0.15) is 17.4 Å². The van der Waals surface area contributed by atoms with Gasteiger partial charge in [-0.25, -0.2) is 0 Å². The molecule has 2 rings (SSSR count). The van der Waals surface area contributed by atoms with Crippen molar-refractivity contribution in [1.82, 2.24) is 9.03 Å². The lowest BCUT2D eigenvalue weighted by molar-refractivity contribution is -0.142. The van der Waals surface area contributed by atoms with Crippen LogP contribution in [0.3, 0.4) is 0 Å². The molecule has 1 atom stereocenters.